The van der Waals surface area contributed by atoms with Crippen LogP contribution in [0, 0.1) is 6.92 Å². The molecule has 1 aromatic heterocycles. The Hall–Kier alpha value is -1.53. The number of likely N-dealkylation sites (tertiary alicyclic amines) is 1. The van der Waals surface area contributed by atoms with Gasteiger partial charge in [0.1, 0.15) is 0 Å². The van der Waals surface area contributed by atoms with Crippen molar-refractivity contribution >= 4 is 38.2 Å². The normalized spacial score (nSPS) is 16.7. The zero-order chi connectivity index (χ0) is 17.5. The van der Waals surface area contributed by atoms with Gasteiger partial charge in [-0.25, -0.2) is 8.42 Å². The Kier molecular flexibility index (Phi) is 4.62. The van der Waals surface area contributed by atoms with Gasteiger partial charge in [0.15, 0.2) is 9.84 Å². The average molecular weight is 369 g/mol. The molecule has 7 heteroatoms. The van der Waals surface area contributed by atoms with E-state index in [1.54, 1.807) is 24.0 Å². The molecular weight excluding hydrogens is 348 g/mol. The molecule has 1 aliphatic heterocycles. The number of aryl methyl sites for hydroxylation is 1. The fourth-order valence-corrected chi connectivity index (χ4v) is 4.96. The van der Waals surface area contributed by atoms with E-state index in [0.29, 0.717) is 36.5 Å². The van der Waals surface area contributed by atoms with Crippen molar-refractivity contribution in [2.45, 2.75) is 31.9 Å². The van der Waals surface area contributed by atoms with E-state index in [-0.39, 0.29) is 16.9 Å². The first-order chi connectivity index (χ1) is 11.3. The molecule has 2 heterocycles. The Labute approximate surface area is 146 Å². The van der Waals surface area contributed by atoms with Crippen molar-refractivity contribution < 1.29 is 13.2 Å². The van der Waals surface area contributed by atoms with Gasteiger partial charge in [-0.05, 0) is 38.0 Å². The summed E-state index contributed by atoms with van der Waals surface area (Å²) in [6.07, 6.45) is 1.01. The number of hydrogen-bond acceptors (Lipinski definition) is 3. The zero-order valence-corrected chi connectivity index (χ0v) is 15.4. The molecule has 0 unspecified atom stereocenters. The van der Waals surface area contributed by atoms with Crippen LogP contribution in [-0.4, -0.2) is 48.3 Å². The summed E-state index contributed by atoms with van der Waals surface area (Å²) in [6.45, 7) is 4.48. The first kappa shape index (κ1) is 17.3. The topological polar surface area (TPSA) is 70.2 Å². The Balaban J connectivity index is 1.84. The number of amides is 1. The third-order valence-corrected chi connectivity index (χ3v) is 7.33. The monoisotopic (exact) mass is 368 g/mol. The number of aromatic amines is 1. The largest absolute Gasteiger partial charge is 0.358 e. The second-order valence-corrected chi connectivity index (χ2v) is 9.26. The summed E-state index contributed by atoms with van der Waals surface area (Å²) < 4.78 is 24.0. The number of carbonyl (C=O) groups is 1. The van der Waals surface area contributed by atoms with E-state index >= 15 is 0 Å². The number of carbonyl (C=O) groups excluding carboxylic acids is 1. The molecule has 1 fully saturated rings. The van der Waals surface area contributed by atoms with Crippen molar-refractivity contribution in [3.8, 4) is 0 Å². The first-order valence-corrected chi connectivity index (χ1v) is 10.2. The maximum absolute atomic E-state index is 12.9. The third kappa shape index (κ3) is 3.05. The van der Waals surface area contributed by atoms with E-state index < -0.39 is 9.84 Å². The molecule has 130 valence electrons. The summed E-state index contributed by atoms with van der Waals surface area (Å²) in [5.74, 6) is 0.0967. The van der Waals surface area contributed by atoms with Gasteiger partial charge in [-0.15, -0.1) is 0 Å². The Morgan fingerprint density at radius 2 is 2.00 bits per heavy atom. The lowest BCUT2D eigenvalue weighted by molar-refractivity contribution is 0.0727. The minimum atomic E-state index is -3.03. The van der Waals surface area contributed by atoms with Crippen molar-refractivity contribution in [2.24, 2.45) is 0 Å². The summed E-state index contributed by atoms with van der Waals surface area (Å²) in [7, 11) is -3.03. The number of benzene rings is 1. The number of hydrogen-bond donors (Lipinski definition) is 1. The molecule has 0 radical (unpaired) electrons. The summed E-state index contributed by atoms with van der Waals surface area (Å²) in [4.78, 5) is 17.9. The highest BCUT2D eigenvalue weighted by atomic mass is 35.5. The number of aromatic nitrogens is 1. The number of sulfone groups is 1. The molecule has 1 saturated heterocycles. The lowest BCUT2D eigenvalue weighted by Crippen LogP contribution is -2.43. The van der Waals surface area contributed by atoms with Crippen LogP contribution in [0.3, 0.4) is 0 Å². The van der Waals surface area contributed by atoms with Gasteiger partial charge in [0.25, 0.3) is 5.91 Å². The third-order valence-electron chi connectivity index (χ3n) is 4.80. The molecule has 5 nitrogen and oxygen atoms in total. The van der Waals surface area contributed by atoms with Gasteiger partial charge in [0.2, 0.25) is 0 Å². The number of piperidine rings is 1. The average Bonchev–Trinajstić information content (AvgIpc) is 2.89. The van der Waals surface area contributed by atoms with E-state index in [1.165, 1.54) is 0 Å². The highest BCUT2D eigenvalue weighted by molar-refractivity contribution is 7.92. The quantitative estimate of drug-likeness (QED) is 0.904. The van der Waals surface area contributed by atoms with Gasteiger partial charge in [-0.2, -0.15) is 0 Å². The first-order valence-electron chi connectivity index (χ1n) is 8.12. The molecule has 0 atom stereocenters. The number of halogens is 1. The smallest absolute Gasteiger partial charge is 0.256 e. The highest BCUT2D eigenvalue weighted by Gasteiger charge is 2.31. The van der Waals surface area contributed by atoms with Crippen LogP contribution in [-0.2, 0) is 9.84 Å². The van der Waals surface area contributed by atoms with E-state index in [9.17, 15) is 13.2 Å². The molecule has 2 aromatic rings. The van der Waals surface area contributed by atoms with Crippen LogP contribution in [0.25, 0.3) is 10.9 Å². The van der Waals surface area contributed by atoms with E-state index in [4.69, 9.17) is 11.6 Å². The van der Waals surface area contributed by atoms with Crippen LogP contribution in [0.1, 0.15) is 35.8 Å². The molecule has 1 N–H and O–H groups in total. The van der Waals surface area contributed by atoms with Gasteiger partial charge in [0.05, 0.1) is 10.8 Å². The number of H-pyrrole nitrogens is 1. The van der Waals surface area contributed by atoms with Crippen LogP contribution in [0.5, 0.6) is 0 Å². The van der Waals surface area contributed by atoms with E-state index in [1.807, 2.05) is 13.0 Å². The number of nitrogens with one attached hydrogen (secondary N) is 1. The number of nitrogens with zero attached hydrogens (tertiary/aromatic N) is 1. The molecule has 0 aliphatic carbocycles. The number of rotatable bonds is 3. The second-order valence-electron chi connectivity index (χ2n) is 6.26. The Morgan fingerprint density at radius 3 is 2.62 bits per heavy atom. The fourth-order valence-electron chi connectivity index (χ4n) is 3.39. The molecule has 0 bridgehead atoms. The lowest BCUT2D eigenvalue weighted by Gasteiger charge is -2.31. The maximum Gasteiger partial charge on any atom is 0.256 e. The van der Waals surface area contributed by atoms with Crippen molar-refractivity contribution in [3.05, 3.63) is 34.5 Å². The molecular formula is C17H21ClN2O3S. The Morgan fingerprint density at radius 1 is 1.33 bits per heavy atom. The SMILES string of the molecule is CCS(=O)(=O)C1CCN(C(=O)c2c(C)[nH]c3ccc(Cl)cc23)CC1. The molecule has 3 rings (SSSR count). The predicted octanol–water partition coefficient (Wildman–Crippen LogP) is 3.17. The summed E-state index contributed by atoms with van der Waals surface area (Å²) in [6, 6.07) is 5.44. The van der Waals surface area contributed by atoms with Crippen LogP contribution >= 0.6 is 11.6 Å². The maximum atomic E-state index is 12.9. The van der Waals surface area contributed by atoms with E-state index in [2.05, 4.69) is 4.98 Å². The Bertz CT molecular complexity index is 881. The summed E-state index contributed by atoms with van der Waals surface area (Å²) in [5.41, 5.74) is 2.31. The van der Waals surface area contributed by atoms with Gasteiger partial charge < -0.3 is 9.88 Å². The van der Waals surface area contributed by atoms with Crippen molar-refractivity contribution in [2.75, 3.05) is 18.8 Å². The molecule has 24 heavy (non-hydrogen) atoms. The zero-order valence-electron chi connectivity index (χ0n) is 13.8. The van der Waals surface area contributed by atoms with Gasteiger partial charge in [-0.3, -0.25) is 4.79 Å². The van der Waals surface area contributed by atoms with Gasteiger partial charge in [-0.1, -0.05) is 18.5 Å². The molecule has 0 saturated carbocycles. The minimum Gasteiger partial charge on any atom is -0.358 e. The summed E-state index contributed by atoms with van der Waals surface area (Å²) >= 11 is 6.07. The van der Waals surface area contributed by atoms with Crippen LogP contribution in [0.4, 0.5) is 0 Å². The van der Waals surface area contributed by atoms with Crippen LogP contribution < -0.4 is 0 Å². The van der Waals surface area contributed by atoms with Gasteiger partial charge >= 0.3 is 0 Å². The van der Waals surface area contributed by atoms with Crippen molar-refractivity contribution in [1.29, 1.82) is 0 Å². The predicted molar refractivity (Wildman–Crippen MR) is 96.4 cm³/mol. The summed E-state index contributed by atoms with van der Waals surface area (Å²) in [5, 5.41) is 1.07. The van der Waals surface area contributed by atoms with Crippen molar-refractivity contribution in [1.82, 2.24) is 9.88 Å². The fraction of sp³-hybridized carbons (Fsp3) is 0.471. The lowest BCUT2D eigenvalue weighted by atomic mass is 10.1. The van der Waals surface area contributed by atoms with Crippen molar-refractivity contribution in [3.63, 3.8) is 0 Å². The van der Waals surface area contributed by atoms with Gasteiger partial charge in [0, 0.05) is 40.5 Å². The molecule has 1 aromatic carbocycles. The minimum absolute atomic E-state index is 0.0617. The standard InChI is InChI=1S/C17H21ClN2O3S/c1-3-24(22,23)13-6-8-20(9-7-13)17(21)16-11(2)19-15-5-4-12(18)10-14(15)16/h4-5,10,13,19H,3,6-9H2,1-2H3. The molecule has 1 amide bonds. The number of fused-ring (bicyclic) bond motifs is 1. The van der Waals surface area contributed by atoms with Crippen LogP contribution in [0.15, 0.2) is 18.2 Å². The van der Waals surface area contributed by atoms with E-state index in [0.717, 1.165) is 16.6 Å². The highest BCUT2D eigenvalue weighted by Crippen LogP contribution is 2.28. The van der Waals surface area contributed by atoms with Crippen LogP contribution in [0.2, 0.25) is 5.02 Å². The molecule has 0 spiro atoms. The second kappa shape index (κ2) is 6.41. The molecule has 1 aliphatic rings.